The lowest BCUT2D eigenvalue weighted by Gasteiger charge is -2.29. The van der Waals surface area contributed by atoms with Crippen molar-refractivity contribution in [3.63, 3.8) is 0 Å². The van der Waals surface area contributed by atoms with Gasteiger partial charge in [0, 0.05) is 13.0 Å². The molecule has 0 bridgehead atoms. The summed E-state index contributed by atoms with van der Waals surface area (Å²) in [7, 11) is 0. The van der Waals surface area contributed by atoms with E-state index in [0.29, 0.717) is 18.9 Å². The Morgan fingerprint density at radius 1 is 1.53 bits per heavy atom. The molecule has 0 radical (unpaired) electrons. The standard InChI is InChI=1S/C9H13N5O3/c1-5-8(16)11-6(15)4-14(5)9-13-12-7(17-9)2-3-10/h5H,2-4,10H2,1H3,(H,11,15,16). The summed E-state index contributed by atoms with van der Waals surface area (Å²) >= 11 is 0. The number of carbonyl (C=O) groups is 2. The quantitative estimate of drug-likeness (QED) is 0.612. The zero-order valence-corrected chi connectivity index (χ0v) is 9.34. The lowest BCUT2D eigenvalue weighted by Crippen LogP contribution is -2.57. The average Bonchev–Trinajstić information content (AvgIpc) is 2.72. The molecule has 1 aliphatic heterocycles. The van der Waals surface area contributed by atoms with Crippen LogP contribution in [0.5, 0.6) is 0 Å². The van der Waals surface area contributed by atoms with E-state index in [1.54, 1.807) is 6.92 Å². The highest BCUT2D eigenvalue weighted by molar-refractivity contribution is 6.03. The third-order valence-corrected chi connectivity index (χ3v) is 2.48. The van der Waals surface area contributed by atoms with Crippen LogP contribution >= 0.6 is 0 Å². The minimum Gasteiger partial charge on any atom is -0.408 e. The average molecular weight is 239 g/mol. The van der Waals surface area contributed by atoms with Gasteiger partial charge in [0.05, 0.1) is 0 Å². The van der Waals surface area contributed by atoms with Gasteiger partial charge in [-0.25, -0.2) is 0 Å². The molecular weight excluding hydrogens is 226 g/mol. The largest absolute Gasteiger partial charge is 0.408 e. The molecule has 0 spiro atoms. The first-order valence-electron chi connectivity index (χ1n) is 5.24. The Morgan fingerprint density at radius 3 is 3.00 bits per heavy atom. The van der Waals surface area contributed by atoms with Crippen molar-refractivity contribution < 1.29 is 14.0 Å². The summed E-state index contributed by atoms with van der Waals surface area (Å²) in [6.45, 7) is 2.09. The number of piperazine rings is 1. The Kier molecular flexibility index (Phi) is 3.05. The summed E-state index contributed by atoms with van der Waals surface area (Å²) < 4.78 is 5.32. The third kappa shape index (κ3) is 2.26. The normalized spacial score (nSPS) is 20.6. The SMILES string of the molecule is CC1C(=O)NC(=O)CN1c1nnc(CCN)o1. The molecule has 92 valence electrons. The smallest absolute Gasteiger partial charge is 0.319 e. The molecular formula is C9H13N5O3. The highest BCUT2D eigenvalue weighted by Crippen LogP contribution is 2.17. The number of rotatable bonds is 3. The van der Waals surface area contributed by atoms with Crippen molar-refractivity contribution in [2.75, 3.05) is 18.0 Å². The summed E-state index contributed by atoms with van der Waals surface area (Å²) in [5.41, 5.74) is 5.36. The molecule has 8 heteroatoms. The Labute approximate surface area is 97.2 Å². The van der Waals surface area contributed by atoms with Gasteiger partial charge in [0.15, 0.2) is 0 Å². The molecule has 1 unspecified atom stereocenters. The van der Waals surface area contributed by atoms with Crippen LogP contribution in [-0.2, 0) is 16.0 Å². The van der Waals surface area contributed by atoms with E-state index in [1.165, 1.54) is 4.90 Å². The van der Waals surface area contributed by atoms with Crippen LogP contribution in [0.3, 0.4) is 0 Å². The minimum atomic E-state index is -0.515. The molecule has 1 aromatic rings. The summed E-state index contributed by atoms with van der Waals surface area (Å²) in [5, 5.41) is 9.81. The fourth-order valence-corrected chi connectivity index (χ4v) is 1.53. The predicted octanol–water partition coefficient (Wildman–Crippen LogP) is -1.58. The molecule has 8 nitrogen and oxygen atoms in total. The van der Waals surface area contributed by atoms with Crippen molar-refractivity contribution in [3.8, 4) is 0 Å². The van der Waals surface area contributed by atoms with Crippen LogP contribution in [0.15, 0.2) is 4.42 Å². The van der Waals surface area contributed by atoms with Gasteiger partial charge in [0.1, 0.15) is 12.6 Å². The first kappa shape index (κ1) is 11.5. The van der Waals surface area contributed by atoms with Gasteiger partial charge in [-0.3, -0.25) is 14.9 Å². The Morgan fingerprint density at radius 2 is 2.29 bits per heavy atom. The van der Waals surface area contributed by atoms with Crippen molar-refractivity contribution in [1.82, 2.24) is 15.5 Å². The Hall–Kier alpha value is -1.96. The number of amides is 2. The van der Waals surface area contributed by atoms with Crippen LogP contribution in [0.1, 0.15) is 12.8 Å². The summed E-state index contributed by atoms with van der Waals surface area (Å²) in [4.78, 5) is 24.2. The monoisotopic (exact) mass is 239 g/mol. The number of anilines is 1. The van der Waals surface area contributed by atoms with E-state index in [-0.39, 0.29) is 24.4 Å². The van der Waals surface area contributed by atoms with Crippen molar-refractivity contribution in [3.05, 3.63) is 5.89 Å². The molecule has 17 heavy (non-hydrogen) atoms. The van der Waals surface area contributed by atoms with Crippen LogP contribution in [0.2, 0.25) is 0 Å². The Bertz CT molecular complexity index is 444. The van der Waals surface area contributed by atoms with E-state index < -0.39 is 6.04 Å². The van der Waals surface area contributed by atoms with Crippen LogP contribution in [-0.4, -0.2) is 41.1 Å². The van der Waals surface area contributed by atoms with E-state index in [9.17, 15) is 9.59 Å². The highest BCUT2D eigenvalue weighted by atomic mass is 16.4. The highest BCUT2D eigenvalue weighted by Gasteiger charge is 2.33. The number of nitrogens with zero attached hydrogens (tertiary/aromatic N) is 3. The van der Waals surface area contributed by atoms with E-state index >= 15 is 0 Å². The second-order valence-corrected chi connectivity index (χ2v) is 3.73. The maximum atomic E-state index is 11.4. The van der Waals surface area contributed by atoms with Gasteiger partial charge >= 0.3 is 6.01 Å². The van der Waals surface area contributed by atoms with Gasteiger partial charge in [-0.2, -0.15) is 0 Å². The van der Waals surface area contributed by atoms with Gasteiger partial charge in [-0.05, 0) is 6.92 Å². The van der Waals surface area contributed by atoms with Crippen molar-refractivity contribution >= 4 is 17.8 Å². The summed E-state index contributed by atoms with van der Waals surface area (Å²) in [5.74, 6) is -0.361. The van der Waals surface area contributed by atoms with Gasteiger partial charge in [0.25, 0.3) is 0 Å². The molecule has 0 aromatic carbocycles. The molecule has 2 heterocycles. The van der Waals surface area contributed by atoms with Crippen LogP contribution in [0.25, 0.3) is 0 Å². The van der Waals surface area contributed by atoms with Crippen molar-refractivity contribution in [1.29, 1.82) is 0 Å². The molecule has 2 rings (SSSR count). The lowest BCUT2D eigenvalue weighted by molar-refractivity contribution is -0.132. The minimum absolute atomic E-state index is 0.0250. The maximum Gasteiger partial charge on any atom is 0.319 e. The number of nitrogens with two attached hydrogens (primary N) is 1. The predicted molar refractivity (Wildman–Crippen MR) is 57.0 cm³/mol. The van der Waals surface area contributed by atoms with Crippen LogP contribution in [0.4, 0.5) is 6.01 Å². The zero-order valence-electron chi connectivity index (χ0n) is 9.34. The fourth-order valence-electron chi connectivity index (χ4n) is 1.53. The van der Waals surface area contributed by atoms with E-state index in [4.69, 9.17) is 10.2 Å². The number of nitrogens with one attached hydrogen (secondary N) is 1. The van der Waals surface area contributed by atoms with E-state index in [1.807, 2.05) is 0 Å². The summed E-state index contributed by atoms with van der Waals surface area (Å²) in [6, 6.07) is -0.344. The zero-order chi connectivity index (χ0) is 12.4. The third-order valence-electron chi connectivity index (χ3n) is 2.48. The Balaban J connectivity index is 2.19. The van der Waals surface area contributed by atoms with Crippen LogP contribution < -0.4 is 16.0 Å². The molecule has 1 atom stereocenters. The number of imide groups is 1. The number of hydrogen-bond donors (Lipinski definition) is 2. The van der Waals surface area contributed by atoms with Crippen molar-refractivity contribution in [2.45, 2.75) is 19.4 Å². The fraction of sp³-hybridized carbons (Fsp3) is 0.556. The molecule has 3 N–H and O–H groups in total. The summed E-state index contributed by atoms with van der Waals surface area (Å²) in [6.07, 6.45) is 0.468. The van der Waals surface area contributed by atoms with Gasteiger partial charge < -0.3 is 15.1 Å². The number of hydrogen-bond acceptors (Lipinski definition) is 7. The topological polar surface area (TPSA) is 114 Å². The maximum absolute atomic E-state index is 11.4. The number of carbonyl (C=O) groups excluding carboxylic acids is 2. The first-order valence-corrected chi connectivity index (χ1v) is 5.24. The van der Waals surface area contributed by atoms with E-state index in [2.05, 4.69) is 15.5 Å². The van der Waals surface area contributed by atoms with Crippen LogP contribution in [0, 0.1) is 0 Å². The molecule has 2 amide bonds. The molecule has 0 aliphatic carbocycles. The number of aromatic nitrogens is 2. The molecule has 1 aromatic heterocycles. The van der Waals surface area contributed by atoms with Gasteiger partial charge in [-0.15, -0.1) is 5.10 Å². The van der Waals surface area contributed by atoms with Gasteiger partial charge in [-0.1, -0.05) is 5.10 Å². The second kappa shape index (κ2) is 4.50. The molecule has 1 saturated heterocycles. The van der Waals surface area contributed by atoms with Crippen molar-refractivity contribution in [2.24, 2.45) is 5.73 Å². The molecule has 0 saturated carbocycles. The second-order valence-electron chi connectivity index (χ2n) is 3.73. The lowest BCUT2D eigenvalue weighted by atomic mass is 10.2. The van der Waals surface area contributed by atoms with Gasteiger partial charge in [0.2, 0.25) is 17.7 Å². The molecule has 1 aliphatic rings. The first-order chi connectivity index (χ1) is 8.11. The van der Waals surface area contributed by atoms with E-state index in [0.717, 1.165) is 0 Å². The molecule has 1 fully saturated rings.